The summed E-state index contributed by atoms with van der Waals surface area (Å²) in [4.78, 5) is 29.6. The molecule has 9 heteroatoms. The third-order valence-electron chi connectivity index (χ3n) is 9.68. The van der Waals surface area contributed by atoms with Crippen molar-refractivity contribution in [2.24, 2.45) is 7.05 Å². The molecule has 2 unspecified atom stereocenters. The Morgan fingerprint density at radius 1 is 0.978 bits per heavy atom. The van der Waals surface area contributed by atoms with Crippen LogP contribution < -0.4 is 4.90 Å². The number of thioether (sulfide) groups is 2. The van der Waals surface area contributed by atoms with Gasteiger partial charge in [-0.05, 0) is 102 Å². The van der Waals surface area contributed by atoms with Gasteiger partial charge in [0.05, 0.1) is 4.91 Å². The molecule has 5 aromatic rings. The van der Waals surface area contributed by atoms with Crippen LogP contribution in [0.3, 0.4) is 0 Å². The summed E-state index contributed by atoms with van der Waals surface area (Å²) in [6.45, 7) is -0.418. The van der Waals surface area contributed by atoms with Gasteiger partial charge in [-0.15, -0.1) is 11.8 Å². The molecule has 1 saturated carbocycles. The summed E-state index contributed by atoms with van der Waals surface area (Å²) in [7, 11) is 2.15. The van der Waals surface area contributed by atoms with Crippen LogP contribution in [0.2, 0.25) is 0 Å². The number of thiocarbonyl (C=S) groups is 1. The second-order valence-corrected chi connectivity index (χ2v) is 14.7. The zero-order chi connectivity index (χ0) is 31.7. The Labute approximate surface area is 281 Å². The summed E-state index contributed by atoms with van der Waals surface area (Å²) in [5.41, 5.74) is 9.54. The number of carboxylic acid groups (broad SMARTS) is 1. The Hall–Kier alpha value is -4.05. The fraction of sp³-hybridized carbons (Fsp3) is 0.216. The molecule has 0 radical (unpaired) electrons. The average Bonchev–Trinajstić information content (AvgIpc) is 3.79. The molecular weight excluding hydrogens is 631 g/mol. The number of fused-ring (bicyclic) bond motifs is 6. The molecule has 3 heterocycles. The van der Waals surface area contributed by atoms with E-state index in [2.05, 4.69) is 102 Å². The number of hydrogen-bond acceptors (Lipinski definition) is 6. The smallest absolute Gasteiger partial charge is 0.323 e. The molecule has 2 atom stereocenters. The van der Waals surface area contributed by atoms with E-state index >= 15 is 0 Å². The van der Waals surface area contributed by atoms with E-state index in [1.54, 1.807) is 11.8 Å². The van der Waals surface area contributed by atoms with Crippen molar-refractivity contribution in [1.29, 1.82) is 0 Å². The van der Waals surface area contributed by atoms with Crippen LogP contribution in [0.25, 0.3) is 39.0 Å². The quantitative estimate of drug-likeness (QED) is 0.111. The molecule has 1 amide bonds. The Balaban J connectivity index is 1.18. The van der Waals surface area contributed by atoms with E-state index in [1.165, 1.54) is 72.9 Å². The van der Waals surface area contributed by atoms with Gasteiger partial charge >= 0.3 is 5.97 Å². The van der Waals surface area contributed by atoms with E-state index in [0.717, 1.165) is 23.3 Å². The Morgan fingerprint density at radius 2 is 1.72 bits per heavy atom. The molecular formula is C37H31N3O3S3. The number of anilines is 2. The van der Waals surface area contributed by atoms with E-state index in [0.29, 0.717) is 16.9 Å². The number of hydrogen-bond donors (Lipinski definition) is 1. The van der Waals surface area contributed by atoms with Crippen molar-refractivity contribution in [2.75, 3.05) is 17.7 Å². The molecule has 3 aliphatic rings. The number of carbonyl (C=O) groups excluding carboxylic acids is 1. The molecule has 1 N–H and O–H groups in total. The molecule has 0 bridgehead atoms. The number of aliphatic carboxylic acids is 1. The molecule has 8 rings (SSSR count). The first-order chi connectivity index (χ1) is 22.3. The summed E-state index contributed by atoms with van der Waals surface area (Å²) in [6.07, 6.45) is 7.39. The summed E-state index contributed by atoms with van der Waals surface area (Å²) in [6, 6.07) is 29.3. The summed E-state index contributed by atoms with van der Waals surface area (Å²) in [5, 5.41) is 11.7. The lowest BCUT2D eigenvalue weighted by atomic mass is 9.96. The minimum Gasteiger partial charge on any atom is -0.480 e. The number of nitrogens with zero attached hydrogens (tertiary/aromatic N) is 3. The Kier molecular flexibility index (Phi) is 7.23. The minimum atomic E-state index is -1.08. The highest BCUT2D eigenvalue weighted by Gasteiger charge is 2.42. The Bertz CT molecular complexity index is 2140. The van der Waals surface area contributed by atoms with Crippen molar-refractivity contribution >= 4 is 91.2 Å². The van der Waals surface area contributed by atoms with Crippen LogP contribution in [0.5, 0.6) is 0 Å². The van der Waals surface area contributed by atoms with Crippen LogP contribution in [0.4, 0.5) is 11.4 Å². The molecule has 46 heavy (non-hydrogen) atoms. The normalized spacial score (nSPS) is 20.0. The van der Waals surface area contributed by atoms with Crippen LogP contribution in [-0.2, 0) is 16.6 Å². The van der Waals surface area contributed by atoms with Crippen molar-refractivity contribution < 1.29 is 14.7 Å². The molecule has 0 spiro atoms. The van der Waals surface area contributed by atoms with Crippen LogP contribution in [-0.4, -0.2) is 49.6 Å². The highest BCUT2D eigenvalue weighted by Crippen LogP contribution is 2.53. The fourth-order valence-electron chi connectivity index (χ4n) is 7.54. The van der Waals surface area contributed by atoms with Gasteiger partial charge < -0.3 is 14.6 Å². The Morgan fingerprint density at radius 3 is 2.48 bits per heavy atom. The van der Waals surface area contributed by atoms with Crippen molar-refractivity contribution in [3.63, 3.8) is 0 Å². The van der Waals surface area contributed by atoms with E-state index in [-0.39, 0.29) is 10.2 Å². The molecule has 1 aliphatic carbocycles. The summed E-state index contributed by atoms with van der Waals surface area (Å²) in [5.74, 6) is -1.00. The number of carboxylic acids is 1. The SMILES string of the molecule is CSc1ccc(-c2ccc3c(c2)c2cc(N4c5ccc(/C=C6\SC(=S)N(CC(=O)O)C6=O)cc5C5CCCC54)ccc2n3C)cc1. The van der Waals surface area contributed by atoms with Gasteiger partial charge in [0.25, 0.3) is 5.91 Å². The van der Waals surface area contributed by atoms with Gasteiger partial charge in [0.1, 0.15) is 10.9 Å². The number of aromatic nitrogens is 1. The van der Waals surface area contributed by atoms with Crippen LogP contribution >= 0.6 is 35.7 Å². The van der Waals surface area contributed by atoms with E-state index < -0.39 is 12.5 Å². The second kappa shape index (κ2) is 11.3. The number of carbonyl (C=O) groups is 2. The largest absolute Gasteiger partial charge is 0.480 e. The van der Waals surface area contributed by atoms with Gasteiger partial charge in [-0.25, -0.2) is 0 Å². The van der Waals surface area contributed by atoms with Crippen molar-refractivity contribution in [2.45, 2.75) is 36.1 Å². The van der Waals surface area contributed by atoms with E-state index in [1.807, 2.05) is 6.08 Å². The lowest BCUT2D eigenvalue weighted by molar-refractivity contribution is -0.140. The molecule has 4 aromatic carbocycles. The maximum absolute atomic E-state index is 12.9. The standard InChI is InChI=1S/C37H31N3O3S3/c1-38-30-14-9-23(22-7-11-25(45-2)12-8-22)18-28(30)29-19-24(10-15-31(29)38)40-32-5-3-4-26(32)27-16-21(6-13-33(27)40)17-34-36(43)39(20-35(41)42)37(44)46-34/h6-19,26,32H,3-5,20H2,1-2H3,(H,41,42)/b34-17-. The zero-order valence-electron chi connectivity index (χ0n) is 25.4. The number of aryl methyl sites for hydroxylation is 1. The lowest BCUT2D eigenvalue weighted by Crippen LogP contribution is -2.33. The molecule has 6 nitrogen and oxygen atoms in total. The van der Waals surface area contributed by atoms with Gasteiger partial charge in [0.2, 0.25) is 0 Å². The molecule has 1 saturated heterocycles. The first-order valence-electron chi connectivity index (χ1n) is 15.4. The summed E-state index contributed by atoms with van der Waals surface area (Å²) < 4.78 is 2.57. The third-order valence-corrected chi connectivity index (χ3v) is 11.8. The maximum Gasteiger partial charge on any atom is 0.323 e. The highest BCUT2D eigenvalue weighted by atomic mass is 32.2. The van der Waals surface area contributed by atoms with E-state index in [4.69, 9.17) is 12.2 Å². The second-order valence-electron chi connectivity index (χ2n) is 12.2. The lowest BCUT2D eigenvalue weighted by Gasteiger charge is -2.27. The monoisotopic (exact) mass is 661 g/mol. The molecule has 2 aliphatic heterocycles. The third kappa shape index (κ3) is 4.75. The average molecular weight is 662 g/mol. The zero-order valence-corrected chi connectivity index (χ0v) is 27.8. The first kappa shape index (κ1) is 29.4. The van der Waals surface area contributed by atoms with Crippen molar-refractivity contribution in [3.8, 4) is 11.1 Å². The first-order valence-corrected chi connectivity index (χ1v) is 17.8. The van der Waals surface area contributed by atoms with Crippen LogP contribution in [0, 0.1) is 0 Å². The van der Waals surface area contributed by atoms with Gasteiger partial charge in [-0.3, -0.25) is 14.5 Å². The maximum atomic E-state index is 12.9. The van der Waals surface area contributed by atoms with Crippen molar-refractivity contribution in [1.82, 2.24) is 9.47 Å². The number of benzene rings is 4. The predicted octanol–water partition coefficient (Wildman–Crippen LogP) is 8.79. The van der Waals surface area contributed by atoms with Crippen molar-refractivity contribution in [3.05, 3.63) is 94.9 Å². The van der Waals surface area contributed by atoms with Gasteiger partial charge in [-0.2, -0.15) is 0 Å². The van der Waals surface area contributed by atoms with Gasteiger partial charge in [0.15, 0.2) is 0 Å². The van der Waals surface area contributed by atoms with Gasteiger partial charge in [0, 0.05) is 57.1 Å². The van der Waals surface area contributed by atoms with Gasteiger partial charge in [-0.1, -0.05) is 54.7 Å². The molecule has 1 aromatic heterocycles. The minimum absolute atomic E-state index is 0.284. The van der Waals surface area contributed by atoms with Crippen LogP contribution in [0.1, 0.15) is 36.3 Å². The topological polar surface area (TPSA) is 65.8 Å². The highest BCUT2D eigenvalue weighted by molar-refractivity contribution is 8.26. The summed E-state index contributed by atoms with van der Waals surface area (Å²) >= 11 is 8.22. The van der Waals surface area contributed by atoms with E-state index in [9.17, 15) is 14.7 Å². The number of amides is 1. The van der Waals surface area contributed by atoms with Crippen LogP contribution in [0.15, 0.2) is 88.7 Å². The predicted molar refractivity (Wildman–Crippen MR) is 194 cm³/mol. The fourth-order valence-corrected chi connectivity index (χ4v) is 9.21. The number of rotatable bonds is 6. The molecule has 2 fully saturated rings. The molecule has 230 valence electrons.